The molecule has 0 spiro atoms. The molecule has 1 N–H and O–H groups in total. The third-order valence-electron chi connectivity index (χ3n) is 4.83. The van der Waals surface area contributed by atoms with Crippen LogP contribution in [0.3, 0.4) is 0 Å². The van der Waals surface area contributed by atoms with Gasteiger partial charge in [-0.15, -0.1) is 0 Å². The Kier molecular flexibility index (Phi) is 5.19. The fraction of sp³-hybridized carbons (Fsp3) is 0.381. The first kappa shape index (κ1) is 16.6. The molecule has 1 atom stereocenters. The maximum absolute atomic E-state index is 13.0. The van der Waals surface area contributed by atoms with E-state index in [1.807, 2.05) is 36.1 Å². The van der Waals surface area contributed by atoms with Gasteiger partial charge in [0.05, 0.1) is 6.04 Å². The second-order valence-corrected chi connectivity index (χ2v) is 6.72. The van der Waals surface area contributed by atoms with Crippen LogP contribution >= 0.6 is 0 Å². The summed E-state index contributed by atoms with van der Waals surface area (Å²) in [6, 6.07) is 16.7. The first-order valence-electron chi connectivity index (χ1n) is 8.85. The van der Waals surface area contributed by atoms with Crippen LogP contribution in [0.15, 0.2) is 48.5 Å². The average molecular weight is 322 g/mol. The number of hydrogen-bond donors (Lipinski definition) is 1. The summed E-state index contributed by atoms with van der Waals surface area (Å²) in [6.07, 6.45) is 4.47. The molecule has 0 saturated carbocycles. The number of rotatable bonds is 2. The Morgan fingerprint density at radius 1 is 1.04 bits per heavy atom. The van der Waals surface area contributed by atoms with E-state index >= 15 is 0 Å². The summed E-state index contributed by atoms with van der Waals surface area (Å²) in [6.45, 7) is 4.95. The van der Waals surface area contributed by atoms with Crippen molar-refractivity contribution < 1.29 is 4.79 Å². The molecule has 0 aromatic heterocycles. The van der Waals surface area contributed by atoms with Crippen LogP contribution in [0.2, 0.25) is 0 Å². The Morgan fingerprint density at radius 2 is 1.88 bits per heavy atom. The molecule has 24 heavy (non-hydrogen) atoms. The minimum atomic E-state index is 0.0118. The van der Waals surface area contributed by atoms with Crippen LogP contribution in [0.1, 0.15) is 48.4 Å². The Morgan fingerprint density at radius 3 is 2.67 bits per heavy atom. The number of amides is 2. The molecule has 126 valence electrons. The Balaban J connectivity index is 1.84. The van der Waals surface area contributed by atoms with Crippen LogP contribution in [0.25, 0.3) is 0 Å². The van der Waals surface area contributed by atoms with Crippen molar-refractivity contribution in [2.24, 2.45) is 0 Å². The van der Waals surface area contributed by atoms with E-state index < -0.39 is 0 Å². The second kappa shape index (κ2) is 7.52. The lowest BCUT2D eigenvalue weighted by atomic mass is 9.99. The SMILES string of the molecule is Cc1cccc([C@@H]2CCCCCN2C(=O)Nc2ccccc2C)c1. The third-order valence-corrected chi connectivity index (χ3v) is 4.83. The molecule has 3 nitrogen and oxygen atoms in total. The van der Waals surface area contributed by atoms with Crippen molar-refractivity contribution in [3.8, 4) is 0 Å². The normalized spacial score (nSPS) is 18.1. The van der Waals surface area contributed by atoms with Gasteiger partial charge in [0.15, 0.2) is 0 Å². The van der Waals surface area contributed by atoms with E-state index in [2.05, 4.69) is 36.5 Å². The predicted molar refractivity (Wildman–Crippen MR) is 99.3 cm³/mol. The van der Waals surface area contributed by atoms with Gasteiger partial charge in [0.2, 0.25) is 0 Å². The van der Waals surface area contributed by atoms with Crippen molar-refractivity contribution in [2.45, 2.75) is 45.6 Å². The largest absolute Gasteiger partial charge is 0.322 e. The lowest BCUT2D eigenvalue weighted by Gasteiger charge is -2.31. The van der Waals surface area contributed by atoms with E-state index in [1.54, 1.807) is 0 Å². The standard InChI is InChI=1S/C21H26N2O/c1-16-9-8-11-18(15-16)20-13-4-3-7-14-23(20)21(24)22-19-12-6-5-10-17(19)2/h5-6,8-12,15,20H,3-4,7,13-14H2,1-2H3,(H,22,24)/t20-/m0/s1. The zero-order valence-corrected chi connectivity index (χ0v) is 14.6. The van der Waals surface area contributed by atoms with E-state index in [9.17, 15) is 4.79 Å². The van der Waals surface area contributed by atoms with Crippen LogP contribution in [0.4, 0.5) is 10.5 Å². The summed E-state index contributed by atoms with van der Waals surface area (Å²) in [5, 5.41) is 3.11. The molecule has 1 heterocycles. The highest BCUT2D eigenvalue weighted by molar-refractivity contribution is 5.90. The number of aryl methyl sites for hydroxylation is 2. The molecule has 0 radical (unpaired) electrons. The van der Waals surface area contributed by atoms with Crippen LogP contribution in [0.5, 0.6) is 0 Å². The molecular weight excluding hydrogens is 296 g/mol. The van der Waals surface area contributed by atoms with E-state index in [4.69, 9.17) is 0 Å². The number of carbonyl (C=O) groups is 1. The molecule has 1 fully saturated rings. The average Bonchev–Trinajstić information content (AvgIpc) is 2.83. The summed E-state index contributed by atoms with van der Waals surface area (Å²) >= 11 is 0. The van der Waals surface area contributed by atoms with Crippen molar-refractivity contribution in [1.29, 1.82) is 0 Å². The van der Waals surface area contributed by atoms with Crippen molar-refractivity contribution >= 4 is 11.7 Å². The number of carbonyl (C=O) groups excluding carboxylic acids is 1. The number of likely N-dealkylation sites (tertiary alicyclic amines) is 1. The Labute approximate surface area is 144 Å². The van der Waals surface area contributed by atoms with Gasteiger partial charge in [-0.05, 0) is 43.9 Å². The summed E-state index contributed by atoms with van der Waals surface area (Å²) in [7, 11) is 0. The molecule has 2 aromatic rings. The zero-order valence-electron chi connectivity index (χ0n) is 14.6. The van der Waals surface area contributed by atoms with Gasteiger partial charge in [-0.25, -0.2) is 4.79 Å². The fourth-order valence-electron chi connectivity index (χ4n) is 3.48. The minimum Gasteiger partial charge on any atom is -0.317 e. The molecule has 3 rings (SSSR count). The molecule has 0 bridgehead atoms. The topological polar surface area (TPSA) is 32.3 Å². The molecule has 1 aliphatic heterocycles. The molecule has 0 aliphatic carbocycles. The molecule has 0 unspecified atom stereocenters. The first-order chi connectivity index (χ1) is 11.6. The van der Waals surface area contributed by atoms with Crippen LogP contribution < -0.4 is 5.32 Å². The Hall–Kier alpha value is -2.29. The lowest BCUT2D eigenvalue weighted by molar-refractivity contribution is 0.189. The van der Waals surface area contributed by atoms with Gasteiger partial charge >= 0.3 is 6.03 Å². The summed E-state index contributed by atoms with van der Waals surface area (Å²) < 4.78 is 0. The second-order valence-electron chi connectivity index (χ2n) is 6.72. The van der Waals surface area contributed by atoms with Gasteiger partial charge in [0.1, 0.15) is 0 Å². The third kappa shape index (κ3) is 3.78. The monoisotopic (exact) mass is 322 g/mol. The number of benzene rings is 2. The molecule has 3 heteroatoms. The molecule has 1 saturated heterocycles. The predicted octanol–water partition coefficient (Wildman–Crippen LogP) is 5.45. The zero-order chi connectivity index (χ0) is 16.9. The van der Waals surface area contributed by atoms with Crippen LogP contribution in [0, 0.1) is 13.8 Å². The van der Waals surface area contributed by atoms with Crippen molar-refractivity contribution in [3.63, 3.8) is 0 Å². The van der Waals surface area contributed by atoms with Crippen molar-refractivity contribution in [1.82, 2.24) is 4.90 Å². The van der Waals surface area contributed by atoms with Crippen molar-refractivity contribution in [2.75, 3.05) is 11.9 Å². The number of hydrogen-bond acceptors (Lipinski definition) is 1. The maximum Gasteiger partial charge on any atom is 0.322 e. The summed E-state index contributed by atoms with van der Waals surface area (Å²) in [5.41, 5.74) is 4.48. The van der Waals surface area contributed by atoms with E-state index in [1.165, 1.54) is 24.0 Å². The van der Waals surface area contributed by atoms with Gasteiger partial charge in [0, 0.05) is 12.2 Å². The molecule has 2 aromatic carbocycles. The fourth-order valence-corrected chi connectivity index (χ4v) is 3.48. The smallest absolute Gasteiger partial charge is 0.317 e. The number of nitrogens with zero attached hydrogens (tertiary/aromatic N) is 1. The number of anilines is 1. The van der Waals surface area contributed by atoms with Gasteiger partial charge < -0.3 is 10.2 Å². The van der Waals surface area contributed by atoms with E-state index in [-0.39, 0.29) is 12.1 Å². The summed E-state index contributed by atoms with van der Waals surface area (Å²) in [4.78, 5) is 15.0. The van der Waals surface area contributed by atoms with Crippen molar-refractivity contribution in [3.05, 3.63) is 65.2 Å². The number of nitrogens with one attached hydrogen (secondary N) is 1. The minimum absolute atomic E-state index is 0.0118. The molecule has 1 aliphatic rings. The highest BCUT2D eigenvalue weighted by Crippen LogP contribution is 2.31. The number of para-hydroxylation sites is 1. The Bertz CT molecular complexity index is 710. The first-order valence-corrected chi connectivity index (χ1v) is 8.85. The number of urea groups is 1. The van der Waals surface area contributed by atoms with Gasteiger partial charge in [0.25, 0.3) is 0 Å². The van der Waals surface area contributed by atoms with Gasteiger partial charge in [-0.3, -0.25) is 0 Å². The van der Waals surface area contributed by atoms with Crippen LogP contribution in [-0.2, 0) is 0 Å². The van der Waals surface area contributed by atoms with Gasteiger partial charge in [-0.1, -0.05) is 60.9 Å². The van der Waals surface area contributed by atoms with Gasteiger partial charge in [-0.2, -0.15) is 0 Å². The van der Waals surface area contributed by atoms with E-state index in [0.29, 0.717) is 0 Å². The molecular formula is C21H26N2O. The highest BCUT2D eigenvalue weighted by atomic mass is 16.2. The molecule has 2 amide bonds. The lowest BCUT2D eigenvalue weighted by Crippen LogP contribution is -2.38. The van der Waals surface area contributed by atoms with E-state index in [0.717, 1.165) is 30.6 Å². The highest BCUT2D eigenvalue weighted by Gasteiger charge is 2.27. The maximum atomic E-state index is 13.0. The quantitative estimate of drug-likeness (QED) is 0.783. The van der Waals surface area contributed by atoms with Crippen LogP contribution in [-0.4, -0.2) is 17.5 Å². The summed E-state index contributed by atoms with van der Waals surface area (Å²) in [5.74, 6) is 0.